The molecule has 0 spiro atoms. The number of esters is 3. The molecule has 0 amide bonds. The van der Waals surface area contributed by atoms with Gasteiger partial charge in [0, 0.05) is 5.56 Å². The Labute approximate surface area is 143 Å². The monoisotopic (exact) mass is 348 g/mol. The quantitative estimate of drug-likeness (QED) is 0.599. The third-order valence-corrected chi connectivity index (χ3v) is 3.41. The standard InChI is InChI=1S/C17H16O8/c1-21-10-7-5-9(6-8-10)13-11(15(18)22-2)12(16(19)23-3)14(25-13)17(20)24-4/h5-8H,1-4H3. The molecule has 1 heterocycles. The Morgan fingerprint density at radius 1 is 0.760 bits per heavy atom. The molecule has 0 unspecified atom stereocenters. The number of carbonyl (C=O) groups is 3. The predicted octanol–water partition coefficient (Wildman–Crippen LogP) is 2.32. The average Bonchev–Trinajstić information content (AvgIpc) is 3.06. The summed E-state index contributed by atoms with van der Waals surface area (Å²) in [6, 6.07) is 6.47. The van der Waals surface area contributed by atoms with E-state index < -0.39 is 23.7 Å². The minimum absolute atomic E-state index is 0.0182. The normalized spacial score (nSPS) is 10.1. The molecule has 0 radical (unpaired) electrons. The summed E-state index contributed by atoms with van der Waals surface area (Å²) in [6.45, 7) is 0. The molecule has 0 fully saturated rings. The first-order valence-electron chi connectivity index (χ1n) is 7.04. The molecule has 0 saturated heterocycles. The Morgan fingerprint density at radius 2 is 1.28 bits per heavy atom. The number of hydrogen-bond donors (Lipinski definition) is 0. The Bertz CT molecular complexity index is 801. The molecule has 1 aromatic heterocycles. The van der Waals surface area contributed by atoms with E-state index >= 15 is 0 Å². The SMILES string of the molecule is COC(=O)c1oc(-c2ccc(OC)cc2)c(C(=O)OC)c1C(=O)OC. The van der Waals surface area contributed by atoms with E-state index in [9.17, 15) is 14.4 Å². The fraction of sp³-hybridized carbons (Fsp3) is 0.235. The number of furan rings is 1. The molecule has 1 aromatic carbocycles. The smallest absolute Gasteiger partial charge is 0.374 e. The summed E-state index contributed by atoms with van der Waals surface area (Å²) in [5, 5.41) is 0. The summed E-state index contributed by atoms with van der Waals surface area (Å²) in [6.07, 6.45) is 0. The lowest BCUT2D eigenvalue weighted by atomic mass is 10.0. The average molecular weight is 348 g/mol. The highest BCUT2D eigenvalue weighted by molar-refractivity contribution is 6.12. The molecular weight excluding hydrogens is 332 g/mol. The molecule has 8 heteroatoms. The fourth-order valence-corrected chi connectivity index (χ4v) is 2.21. The molecular formula is C17H16O8. The van der Waals surface area contributed by atoms with Gasteiger partial charge in [0.25, 0.3) is 0 Å². The van der Waals surface area contributed by atoms with Gasteiger partial charge in [0.1, 0.15) is 16.9 Å². The molecule has 2 aromatic rings. The van der Waals surface area contributed by atoms with Crippen LogP contribution in [0, 0.1) is 0 Å². The van der Waals surface area contributed by atoms with Crippen molar-refractivity contribution in [3.05, 3.63) is 41.2 Å². The number of ether oxygens (including phenoxy) is 4. The molecule has 0 N–H and O–H groups in total. The summed E-state index contributed by atoms with van der Waals surface area (Å²) in [4.78, 5) is 36.3. The second kappa shape index (κ2) is 7.52. The zero-order valence-corrected chi connectivity index (χ0v) is 14.1. The van der Waals surface area contributed by atoms with E-state index in [2.05, 4.69) is 9.47 Å². The van der Waals surface area contributed by atoms with E-state index in [4.69, 9.17) is 13.9 Å². The number of methoxy groups -OCH3 is 4. The molecule has 0 saturated carbocycles. The summed E-state index contributed by atoms with van der Waals surface area (Å²) >= 11 is 0. The highest BCUT2D eigenvalue weighted by atomic mass is 16.5. The maximum Gasteiger partial charge on any atom is 0.374 e. The van der Waals surface area contributed by atoms with Crippen molar-refractivity contribution in [3.8, 4) is 17.1 Å². The van der Waals surface area contributed by atoms with Gasteiger partial charge >= 0.3 is 17.9 Å². The summed E-state index contributed by atoms with van der Waals surface area (Å²) in [7, 11) is 4.89. The maximum atomic E-state index is 12.2. The lowest BCUT2D eigenvalue weighted by Gasteiger charge is -2.04. The van der Waals surface area contributed by atoms with Gasteiger partial charge in [-0.25, -0.2) is 14.4 Å². The van der Waals surface area contributed by atoms with Crippen LogP contribution in [0.5, 0.6) is 5.75 Å². The largest absolute Gasteiger partial charge is 0.497 e. The molecule has 0 aliphatic rings. The van der Waals surface area contributed by atoms with Gasteiger partial charge in [-0.3, -0.25) is 0 Å². The van der Waals surface area contributed by atoms with Gasteiger partial charge in [0.2, 0.25) is 5.76 Å². The molecule has 0 atom stereocenters. The van der Waals surface area contributed by atoms with Gasteiger partial charge in [-0.05, 0) is 24.3 Å². The highest BCUT2D eigenvalue weighted by Crippen LogP contribution is 2.34. The molecule has 25 heavy (non-hydrogen) atoms. The molecule has 0 bridgehead atoms. The minimum Gasteiger partial charge on any atom is -0.497 e. The van der Waals surface area contributed by atoms with Crippen molar-refractivity contribution >= 4 is 17.9 Å². The predicted molar refractivity (Wildman–Crippen MR) is 84.7 cm³/mol. The van der Waals surface area contributed by atoms with Crippen LogP contribution in [0.4, 0.5) is 0 Å². The molecule has 0 aliphatic carbocycles. The first-order chi connectivity index (χ1) is 12.0. The molecule has 132 valence electrons. The maximum absolute atomic E-state index is 12.2. The van der Waals surface area contributed by atoms with Crippen LogP contribution in [0.25, 0.3) is 11.3 Å². The van der Waals surface area contributed by atoms with Crippen molar-refractivity contribution in [1.29, 1.82) is 0 Å². The van der Waals surface area contributed by atoms with Crippen LogP contribution >= 0.6 is 0 Å². The second-order valence-electron chi connectivity index (χ2n) is 4.71. The van der Waals surface area contributed by atoms with E-state index in [1.807, 2.05) is 0 Å². The zero-order chi connectivity index (χ0) is 18.6. The van der Waals surface area contributed by atoms with Crippen molar-refractivity contribution < 1.29 is 37.7 Å². The van der Waals surface area contributed by atoms with Crippen molar-refractivity contribution in [3.63, 3.8) is 0 Å². The number of rotatable bonds is 5. The van der Waals surface area contributed by atoms with Crippen LogP contribution < -0.4 is 4.74 Å². The van der Waals surface area contributed by atoms with Crippen molar-refractivity contribution in [1.82, 2.24) is 0 Å². The number of benzene rings is 1. The van der Waals surface area contributed by atoms with Gasteiger partial charge < -0.3 is 23.4 Å². The number of hydrogen-bond acceptors (Lipinski definition) is 8. The van der Waals surface area contributed by atoms with Crippen LogP contribution in [0.2, 0.25) is 0 Å². The van der Waals surface area contributed by atoms with Crippen molar-refractivity contribution in [2.24, 2.45) is 0 Å². The third-order valence-electron chi connectivity index (χ3n) is 3.41. The Morgan fingerprint density at radius 3 is 1.76 bits per heavy atom. The van der Waals surface area contributed by atoms with Crippen LogP contribution in [0.1, 0.15) is 31.3 Å². The van der Waals surface area contributed by atoms with E-state index in [1.165, 1.54) is 7.11 Å². The van der Waals surface area contributed by atoms with Crippen molar-refractivity contribution in [2.45, 2.75) is 0 Å². The van der Waals surface area contributed by atoms with E-state index in [0.717, 1.165) is 21.3 Å². The summed E-state index contributed by atoms with van der Waals surface area (Å²) < 4.78 is 24.6. The van der Waals surface area contributed by atoms with Gasteiger partial charge in [0.15, 0.2) is 5.76 Å². The first-order valence-corrected chi connectivity index (χ1v) is 7.04. The van der Waals surface area contributed by atoms with E-state index in [-0.39, 0.29) is 16.9 Å². The number of carbonyl (C=O) groups excluding carboxylic acids is 3. The lowest BCUT2D eigenvalue weighted by Crippen LogP contribution is -2.14. The van der Waals surface area contributed by atoms with Gasteiger partial charge in [0.05, 0.1) is 28.4 Å². The van der Waals surface area contributed by atoms with Gasteiger partial charge in [-0.1, -0.05) is 0 Å². The van der Waals surface area contributed by atoms with Crippen LogP contribution in [0.3, 0.4) is 0 Å². The molecule has 2 rings (SSSR count). The van der Waals surface area contributed by atoms with Gasteiger partial charge in [-0.15, -0.1) is 0 Å². The highest BCUT2D eigenvalue weighted by Gasteiger charge is 2.35. The third kappa shape index (κ3) is 3.32. The fourth-order valence-electron chi connectivity index (χ4n) is 2.21. The Hall–Kier alpha value is -3.29. The first kappa shape index (κ1) is 18.1. The minimum atomic E-state index is -0.927. The zero-order valence-electron chi connectivity index (χ0n) is 14.1. The van der Waals surface area contributed by atoms with E-state index in [0.29, 0.717) is 11.3 Å². The summed E-state index contributed by atoms with van der Waals surface area (Å²) in [5.74, 6) is -2.59. The van der Waals surface area contributed by atoms with Crippen LogP contribution in [0.15, 0.2) is 28.7 Å². The van der Waals surface area contributed by atoms with Crippen molar-refractivity contribution in [2.75, 3.05) is 28.4 Å². The van der Waals surface area contributed by atoms with E-state index in [1.54, 1.807) is 24.3 Å². The Kier molecular flexibility index (Phi) is 5.43. The second-order valence-corrected chi connectivity index (χ2v) is 4.71. The van der Waals surface area contributed by atoms with Gasteiger partial charge in [-0.2, -0.15) is 0 Å². The summed E-state index contributed by atoms with van der Waals surface area (Å²) in [5.41, 5.74) is -0.145. The molecule has 8 nitrogen and oxygen atoms in total. The molecule has 0 aliphatic heterocycles. The lowest BCUT2D eigenvalue weighted by molar-refractivity contribution is 0.0523. The van der Waals surface area contributed by atoms with Crippen LogP contribution in [-0.4, -0.2) is 46.3 Å². The Balaban J connectivity index is 2.77. The topological polar surface area (TPSA) is 101 Å². The van der Waals surface area contributed by atoms with Crippen LogP contribution in [-0.2, 0) is 14.2 Å².